The first-order valence-corrected chi connectivity index (χ1v) is 7.13. The number of rotatable bonds is 6. The molecule has 0 aliphatic rings. The molecule has 4 N–H and O–H groups in total. The number of aliphatic hydroxyl groups excluding tert-OH is 2. The van der Waals surface area contributed by atoms with Gasteiger partial charge in [0, 0.05) is 18.2 Å². The third-order valence-electron chi connectivity index (χ3n) is 3.36. The van der Waals surface area contributed by atoms with Crippen molar-refractivity contribution in [1.29, 1.82) is 0 Å². The van der Waals surface area contributed by atoms with Crippen LogP contribution in [0, 0.1) is 0 Å². The van der Waals surface area contributed by atoms with Gasteiger partial charge in [-0.2, -0.15) is 0 Å². The molecule has 0 aliphatic carbocycles. The van der Waals surface area contributed by atoms with Crippen molar-refractivity contribution in [2.75, 3.05) is 13.2 Å². The van der Waals surface area contributed by atoms with Gasteiger partial charge in [0.15, 0.2) is 0 Å². The van der Waals surface area contributed by atoms with E-state index in [4.69, 9.17) is 15.6 Å². The Kier molecular flexibility index (Phi) is 5.99. The highest BCUT2D eigenvalue weighted by Gasteiger charge is 2.23. The van der Waals surface area contributed by atoms with Gasteiger partial charge in [0.1, 0.15) is 5.75 Å². The molecular weight excluding hydrogens is 254 g/mol. The molecule has 0 bridgehead atoms. The van der Waals surface area contributed by atoms with Crippen LogP contribution in [0.2, 0.25) is 0 Å². The van der Waals surface area contributed by atoms with E-state index in [-0.39, 0.29) is 12.0 Å². The van der Waals surface area contributed by atoms with Crippen molar-refractivity contribution in [2.24, 2.45) is 5.73 Å². The van der Waals surface area contributed by atoms with E-state index in [9.17, 15) is 5.11 Å². The van der Waals surface area contributed by atoms with Crippen LogP contribution < -0.4 is 10.5 Å². The molecule has 0 amide bonds. The molecule has 0 saturated carbocycles. The molecule has 0 aliphatic heterocycles. The van der Waals surface area contributed by atoms with Crippen LogP contribution in [0.25, 0.3) is 0 Å². The summed E-state index contributed by atoms with van der Waals surface area (Å²) in [4.78, 5) is 0. The number of nitrogens with two attached hydrogens (primary N) is 1. The van der Waals surface area contributed by atoms with Crippen LogP contribution in [0.3, 0.4) is 0 Å². The van der Waals surface area contributed by atoms with Crippen molar-refractivity contribution in [3.8, 4) is 5.75 Å². The van der Waals surface area contributed by atoms with Gasteiger partial charge in [-0.3, -0.25) is 0 Å². The van der Waals surface area contributed by atoms with Crippen molar-refractivity contribution >= 4 is 0 Å². The third kappa shape index (κ3) is 4.20. The second-order valence-electron chi connectivity index (χ2n) is 6.06. The fraction of sp³-hybridized carbons (Fsp3) is 0.625. The molecule has 0 fully saturated rings. The zero-order valence-electron chi connectivity index (χ0n) is 12.9. The molecule has 1 aromatic carbocycles. The summed E-state index contributed by atoms with van der Waals surface area (Å²) in [5.41, 5.74) is 7.72. The third-order valence-corrected chi connectivity index (χ3v) is 3.36. The monoisotopic (exact) mass is 281 g/mol. The molecule has 0 radical (unpaired) electrons. The molecule has 0 aromatic heterocycles. The van der Waals surface area contributed by atoms with Gasteiger partial charge in [-0.05, 0) is 36.5 Å². The Morgan fingerprint density at radius 3 is 2.45 bits per heavy atom. The molecule has 0 spiro atoms. The van der Waals surface area contributed by atoms with Crippen LogP contribution in [-0.4, -0.2) is 29.5 Å². The average Bonchev–Trinajstić information content (AvgIpc) is 2.37. The largest absolute Gasteiger partial charge is 0.493 e. The van der Waals surface area contributed by atoms with Crippen LogP contribution in [0.15, 0.2) is 18.2 Å². The molecular formula is C16H27NO3. The summed E-state index contributed by atoms with van der Waals surface area (Å²) in [6.07, 6.45) is -0.488. The van der Waals surface area contributed by atoms with Crippen LogP contribution in [0.4, 0.5) is 0 Å². The van der Waals surface area contributed by atoms with Gasteiger partial charge in [-0.25, -0.2) is 0 Å². The maximum absolute atomic E-state index is 10.4. The van der Waals surface area contributed by atoms with E-state index in [0.717, 1.165) is 5.56 Å². The summed E-state index contributed by atoms with van der Waals surface area (Å²) in [7, 11) is 0. The lowest BCUT2D eigenvalue weighted by atomic mass is 9.84. The molecule has 1 aromatic rings. The van der Waals surface area contributed by atoms with Crippen molar-refractivity contribution in [3.05, 3.63) is 29.3 Å². The zero-order valence-corrected chi connectivity index (χ0v) is 12.9. The number of benzene rings is 1. The van der Waals surface area contributed by atoms with Crippen molar-refractivity contribution in [1.82, 2.24) is 0 Å². The lowest BCUT2D eigenvalue weighted by Gasteiger charge is -2.25. The van der Waals surface area contributed by atoms with Gasteiger partial charge >= 0.3 is 0 Å². The maximum Gasteiger partial charge on any atom is 0.125 e. The summed E-state index contributed by atoms with van der Waals surface area (Å²) in [6, 6.07) is 5.34. The van der Waals surface area contributed by atoms with Crippen LogP contribution >= 0.6 is 0 Å². The van der Waals surface area contributed by atoms with Crippen LogP contribution in [-0.2, 0) is 5.41 Å². The van der Waals surface area contributed by atoms with E-state index < -0.39 is 12.1 Å². The standard InChI is InChI=1S/C16H27NO3/c1-5-20-14-7-6-11(16(2,3)4)10-12(14)15(19)13(17)8-9-18/h6-7,10,13,15,18-19H,5,8-9,17H2,1-4H3. The van der Waals surface area contributed by atoms with E-state index in [0.29, 0.717) is 24.3 Å². The highest BCUT2D eigenvalue weighted by Crippen LogP contribution is 2.33. The summed E-state index contributed by atoms with van der Waals surface area (Å²) in [6.45, 7) is 8.75. The Bertz CT molecular complexity index is 426. The van der Waals surface area contributed by atoms with Gasteiger partial charge in [0.25, 0.3) is 0 Å². The minimum atomic E-state index is -0.842. The summed E-state index contributed by atoms with van der Waals surface area (Å²) in [5.74, 6) is 0.654. The normalized spacial score (nSPS) is 14.9. The van der Waals surface area contributed by atoms with Crippen molar-refractivity contribution < 1.29 is 14.9 Å². The summed E-state index contributed by atoms with van der Waals surface area (Å²) >= 11 is 0. The predicted octanol–water partition coefficient (Wildman–Crippen LogP) is 2.13. The molecule has 0 heterocycles. The lowest BCUT2D eigenvalue weighted by molar-refractivity contribution is 0.125. The number of ether oxygens (including phenoxy) is 1. The second-order valence-corrected chi connectivity index (χ2v) is 6.06. The van der Waals surface area contributed by atoms with Crippen molar-refractivity contribution in [2.45, 2.75) is 51.7 Å². The Morgan fingerprint density at radius 1 is 1.30 bits per heavy atom. The van der Waals surface area contributed by atoms with Crippen LogP contribution in [0.5, 0.6) is 5.75 Å². The molecule has 4 nitrogen and oxygen atoms in total. The fourth-order valence-corrected chi connectivity index (χ4v) is 2.07. The minimum absolute atomic E-state index is 0.0136. The van der Waals surface area contributed by atoms with Gasteiger partial charge in [0.05, 0.1) is 12.7 Å². The van der Waals surface area contributed by atoms with Crippen molar-refractivity contribution in [3.63, 3.8) is 0 Å². The molecule has 1 rings (SSSR count). The van der Waals surface area contributed by atoms with Crippen LogP contribution in [0.1, 0.15) is 51.3 Å². The lowest BCUT2D eigenvalue weighted by Crippen LogP contribution is -2.30. The highest BCUT2D eigenvalue weighted by atomic mass is 16.5. The van der Waals surface area contributed by atoms with E-state index in [1.165, 1.54) is 0 Å². The maximum atomic E-state index is 10.4. The van der Waals surface area contributed by atoms with Gasteiger partial charge < -0.3 is 20.7 Å². The quantitative estimate of drug-likeness (QED) is 0.746. The first kappa shape index (κ1) is 17.0. The zero-order chi connectivity index (χ0) is 15.3. The molecule has 20 heavy (non-hydrogen) atoms. The number of hydrogen-bond donors (Lipinski definition) is 3. The highest BCUT2D eigenvalue weighted by molar-refractivity contribution is 5.41. The molecule has 0 saturated heterocycles. The van der Waals surface area contributed by atoms with E-state index in [1.54, 1.807) is 0 Å². The SMILES string of the molecule is CCOc1ccc(C(C)(C)C)cc1C(O)C(N)CCO. The Morgan fingerprint density at radius 2 is 1.95 bits per heavy atom. The Labute approximate surface area is 121 Å². The topological polar surface area (TPSA) is 75.7 Å². The first-order chi connectivity index (χ1) is 9.31. The molecule has 2 unspecified atom stereocenters. The average molecular weight is 281 g/mol. The van der Waals surface area contributed by atoms with E-state index in [2.05, 4.69) is 20.8 Å². The van der Waals surface area contributed by atoms with E-state index in [1.807, 2.05) is 25.1 Å². The van der Waals surface area contributed by atoms with Gasteiger partial charge in [-0.15, -0.1) is 0 Å². The fourth-order valence-electron chi connectivity index (χ4n) is 2.07. The second kappa shape index (κ2) is 7.07. The smallest absolute Gasteiger partial charge is 0.125 e. The molecule has 4 heteroatoms. The Hall–Kier alpha value is -1.10. The Balaban J connectivity index is 3.17. The van der Waals surface area contributed by atoms with Gasteiger partial charge in [0.2, 0.25) is 0 Å². The molecule has 114 valence electrons. The minimum Gasteiger partial charge on any atom is -0.493 e. The predicted molar refractivity (Wildman–Crippen MR) is 80.9 cm³/mol. The first-order valence-electron chi connectivity index (χ1n) is 7.13. The van der Waals surface area contributed by atoms with Gasteiger partial charge in [-0.1, -0.05) is 26.8 Å². The number of aliphatic hydroxyl groups is 2. The van der Waals surface area contributed by atoms with E-state index >= 15 is 0 Å². The number of hydrogen-bond acceptors (Lipinski definition) is 4. The summed E-state index contributed by atoms with van der Waals surface area (Å²) in [5, 5.41) is 19.4. The molecule has 2 atom stereocenters. The summed E-state index contributed by atoms with van der Waals surface area (Å²) < 4.78 is 5.58.